The maximum atomic E-state index is 13.0. The van der Waals surface area contributed by atoms with Crippen molar-refractivity contribution < 1.29 is 19.1 Å². The number of amides is 2. The van der Waals surface area contributed by atoms with Gasteiger partial charge in [-0.2, -0.15) is 0 Å². The van der Waals surface area contributed by atoms with Gasteiger partial charge in [-0.25, -0.2) is 4.39 Å². The number of halogens is 1. The highest BCUT2D eigenvalue weighted by Crippen LogP contribution is 2.23. The normalized spacial score (nSPS) is 15.9. The van der Waals surface area contributed by atoms with Crippen molar-refractivity contribution in [3.05, 3.63) is 65.0 Å². The molecule has 0 aliphatic carbocycles. The van der Waals surface area contributed by atoms with Crippen LogP contribution in [0.25, 0.3) is 0 Å². The lowest BCUT2D eigenvalue weighted by molar-refractivity contribution is -0.144. The molecule has 0 saturated carbocycles. The molecule has 1 heterocycles. The first-order valence-corrected chi connectivity index (χ1v) is 8.46. The summed E-state index contributed by atoms with van der Waals surface area (Å²) in [5.74, 6) is -1.18. The highest BCUT2D eigenvalue weighted by molar-refractivity contribution is 5.98. The number of benzene rings is 2. The van der Waals surface area contributed by atoms with Gasteiger partial charge in [-0.15, -0.1) is 0 Å². The summed E-state index contributed by atoms with van der Waals surface area (Å²) in [6.45, 7) is 4.54. The maximum Gasteiger partial charge on any atom is 0.256 e. The number of rotatable bonds is 3. The quantitative estimate of drug-likeness (QED) is 0.918. The van der Waals surface area contributed by atoms with E-state index in [1.165, 1.54) is 29.2 Å². The summed E-state index contributed by atoms with van der Waals surface area (Å²) < 4.78 is 13.0. The molecule has 26 heavy (non-hydrogen) atoms. The molecule has 2 aromatic carbocycles. The van der Waals surface area contributed by atoms with Crippen molar-refractivity contribution in [3.8, 4) is 0 Å². The first-order chi connectivity index (χ1) is 12.3. The minimum absolute atomic E-state index is 0.0932. The van der Waals surface area contributed by atoms with Gasteiger partial charge in [0.25, 0.3) is 5.91 Å². The van der Waals surface area contributed by atoms with Gasteiger partial charge in [0.15, 0.2) is 6.10 Å². The lowest BCUT2D eigenvalue weighted by atomic mass is 10.1. The Labute approximate surface area is 151 Å². The zero-order valence-corrected chi connectivity index (χ0v) is 14.8. The number of anilines is 1. The first-order valence-electron chi connectivity index (χ1n) is 8.46. The molecule has 1 aliphatic heterocycles. The van der Waals surface area contributed by atoms with Crippen LogP contribution in [0.1, 0.15) is 22.8 Å². The number of carbonyl (C=O) groups is 2. The number of nitrogens with zero attached hydrogens (tertiary/aromatic N) is 2. The Kier molecular flexibility index (Phi) is 5.04. The van der Waals surface area contributed by atoms with Crippen LogP contribution in [0.2, 0.25) is 0 Å². The smallest absolute Gasteiger partial charge is 0.256 e. The Morgan fingerprint density at radius 2 is 1.69 bits per heavy atom. The molecule has 0 aromatic heterocycles. The zero-order valence-electron chi connectivity index (χ0n) is 14.8. The van der Waals surface area contributed by atoms with Gasteiger partial charge in [0.05, 0.1) is 0 Å². The van der Waals surface area contributed by atoms with E-state index in [-0.39, 0.29) is 12.5 Å². The molecule has 5 nitrogen and oxygen atoms in total. The van der Waals surface area contributed by atoms with Crippen molar-refractivity contribution in [2.75, 3.05) is 24.5 Å². The lowest BCUT2D eigenvalue weighted by Crippen LogP contribution is -2.53. The first kappa shape index (κ1) is 18.1. The molecule has 6 heteroatoms. The van der Waals surface area contributed by atoms with Crippen LogP contribution in [0.5, 0.6) is 0 Å². The second-order valence-corrected chi connectivity index (χ2v) is 6.61. The predicted octanol–water partition coefficient (Wildman–Crippen LogP) is 2.35. The standard InChI is InChI=1S/C20H21FN2O3/c1-13-9-14(2)11-17(10-13)23-8-7-22(12-18(23)24)20(26)19(25)15-3-5-16(21)6-4-15/h3-6,9-11,19,25H,7-8,12H2,1-2H3/t19-/m1/s1. The zero-order chi connectivity index (χ0) is 18.8. The minimum Gasteiger partial charge on any atom is -0.378 e. The molecule has 2 aromatic rings. The van der Waals surface area contributed by atoms with Gasteiger partial charge >= 0.3 is 0 Å². The molecule has 0 spiro atoms. The molecule has 1 aliphatic rings. The van der Waals surface area contributed by atoms with E-state index in [2.05, 4.69) is 0 Å². The van der Waals surface area contributed by atoms with Crippen molar-refractivity contribution in [3.63, 3.8) is 0 Å². The van der Waals surface area contributed by atoms with Crippen LogP contribution in [0.3, 0.4) is 0 Å². The average Bonchev–Trinajstić information content (AvgIpc) is 2.60. The molecule has 1 atom stereocenters. The molecule has 1 N–H and O–H groups in total. The molecule has 0 unspecified atom stereocenters. The fourth-order valence-electron chi connectivity index (χ4n) is 3.20. The second-order valence-electron chi connectivity index (χ2n) is 6.61. The van der Waals surface area contributed by atoms with Gasteiger partial charge in [-0.05, 0) is 54.8 Å². The maximum absolute atomic E-state index is 13.0. The summed E-state index contributed by atoms with van der Waals surface area (Å²) >= 11 is 0. The molecule has 1 fully saturated rings. The predicted molar refractivity (Wildman–Crippen MR) is 96.2 cm³/mol. The molecule has 136 valence electrons. The third-order valence-corrected chi connectivity index (χ3v) is 4.47. The van der Waals surface area contributed by atoms with Gasteiger partial charge in [0.2, 0.25) is 5.91 Å². The van der Waals surface area contributed by atoms with Gasteiger partial charge < -0.3 is 14.9 Å². The van der Waals surface area contributed by atoms with Crippen molar-refractivity contribution in [2.24, 2.45) is 0 Å². The van der Waals surface area contributed by atoms with Crippen LogP contribution < -0.4 is 4.90 Å². The van der Waals surface area contributed by atoms with Crippen LogP contribution >= 0.6 is 0 Å². The Morgan fingerprint density at radius 1 is 1.08 bits per heavy atom. The van der Waals surface area contributed by atoms with Crippen molar-refractivity contribution in [1.29, 1.82) is 0 Å². The summed E-state index contributed by atoms with van der Waals surface area (Å²) in [6, 6.07) is 11.0. The average molecular weight is 356 g/mol. The number of carbonyl (C=O) groups excluding carboxylic acids is 2. The topological polar surface area (TPSA) is 60.9 Å². The van der Waals surface area contributed by atoms with Crippen LogP contribution in [0, 0.1) is 19.7 Å². The lowest BCUT2D eigenvalue weighted by Gasteiger charge is -2.35. The molecular formula is C20H21FN2O3. The summed E-state index contributed by atoms with van der Waals surface area (Å²) in [5.41, 5.74) is 3.26. The molecule has 1 saturated heterocycles. The van der Waals surface area contributed by atoms with Gasteiger partial charge in [0, 0.05) is 18.8 Å². The van der Waals surface area contributed by atoms with E-state index in [0.717, 1.165) is 16.8 Å². The van der Waals surface area contributed by atoms with E-state index in [4.69, 9.17) is 0 Å². The molecule has 0 bridgehead atoms. The van der Waals surface area contributed by atoms with Crippen molar-refractivity contribution in [1.82, 2.24) is 4.90 Å². The van der Waals surface area contributed by atoms with Crippen LogP contribution in [0.15, 0.2) is 42.5 Å². The third kappa shape index (κ3) is 3.75. The highest BCUT2D eigenvalue weighted by Gasteiger charge is 2.31. The fraction of sp³-hybridized carbons (Fsp3) is 0.300. The number of aryl methyl sites for hydroxylation is 2. The number of piperazine rings is 1. The van der Waals surface area contributed by atoms with Gasteiger partial charge in [0.1, 0.15) is 12.4 Å². The minimum atomic E-state index is -1.41. The number of aliphatic hydroxyl groups excluding tert-OH is 1. The van der Waals surface area contributed by atoms with E-state index in [0.29, 0.717) is 18.7 Å². The van der Waals surface area contributed by atoms with E-state index >= 15 is 0 Å². The number of hydrogen-bond donors (Lipinski definition) is 1. The third-order valence-electron chi connectivity index (χ3n) is 4.47. The van der Waals surface area contributed by atoms with Gasteiger partial charge in [-0.1, -0.05) is 18.2 Å². The van der Waals surface area contributed by atoms with Crippen molar-refractivity contribution >= 4 is 17.5 Å². The molecule has 2 amide bonds. The largest absolute Gasteiger partial charge is 0.378 e. The SMILES string of the molecule is Cc1cc(C)cc(N2CCN(C(=O)[C@H](O)c3ccc(F)cc3)CC2=O)c1. The molecular weight excluding hydrogens is 335 g/mol. The fourth-order valence-corrected chi connectivity index (χ4v) is 3.20. The van der Waals surface area contributed by atoms with E-state index in [1.54, 1.807) is 4.90 Å². The number of hydrogen-bond acceptors (Lipinski definition) is 3. The summed E-state index contributed by atoms with van der Waals surface area (Å²) in [5, 5.41) is 10.2. The molecule has 0 radical (unpaired) electrons. The van der Waals surface area contributed by atoms with Crippen LogP contribution in [-0.4, -0.2) is 41.5 Å². The molecule has 3 rings (SSSR count). The monoisotopic (exact) mass is 356 g/mol. The van der Waals surface area contributed by atoms with E-state index < -0.39 is 17.8 Å². The Morgan fingerprint density at radius 3 is 2.27 bits per heavy atom. The van der Waals surface area contributed by atoms with Gasteiger partial charge in [-0.3, -0.25) is 9.59 Å². The second kappa shape index (κ2) is 7.25. The Hall–Kier alpha value is -2.73. The Bertz CT molecular complexity index is 815. The van der Waals surface area contributed by atoms with Crippen LogP contribution in [-0.2, 0) is 9.59 Å². The summed E-state index contributed by atoms with van der Waals surface area (Å²) in [4.78, 5) is 28.0. The summed E-state index contributed by atoms with van der Waals surface area (Å²) in [7, 11) is 0. The van der Waals surface area contributed by atoms with E-state index in [9.17, 15) is 19.1 Å². The summed E-state index contributed by atoms with van der Waals surface area (Å²) in [6.07, 6.45) is -1.41. The van der Waals surface area contributed by atoms with E-state index in [1.807, 2.05) is 32.0 Å². The van der Waals surface area contributed by atoms with Crippen LogP contribution in [0.4, 0.5) is 10.1 Å². The Balaban J connectivity index is 1.70. The number of aliphatic hydroxyl groups is 1. The van der Waals surface area contributed by atoms with Crippen molar-refractivity contribution in [2.45, 2.75) is 20.0 Å². The highest BCUT2D eigenvalue weighted by atomic mass is 19.1.